The van der Waals surface area contributed by atoms with Crippen LogP contribution in [0, 0.1) is 11.8 Å². The second-order valence-corrected chi connectivity index (χ2v) is 4.80. The molecule has 1 aromatic rings. The fraction of sp³-hybridized carbons (Fsp3) is 0.583. The highest BCUT2D eigenvalue weighted by Gasteiger charge is 2.38. The SMILES string of the molecule is CC(C)C1CN(c2ccncc2C(F)(F)F)C1. The lowest BCUT2D eigenvalue weighted by Gasteiger charge is -2.44. The van der Waals surface area contributed by atoms with Crippen molar-refractivity contribution < 1.29 is 13.2 Å². The van der Waals surface area contributed by atoms with E-state index in [9.17, 15) is 13.2 Å². The molecular formula is C12H15F3N2. The summed E-state index contributed by atoms with van der Waals surface area (Å²) < 4.78 is 38.3. The van der Waals surface area contributed by atoms with Crippen LogP contribution in [-0.2, 0) is 6.18 Å². The van der Waals surface area contributed by atoms with Crippen LogP contribution in [0.1, 0.15) is 19.4 Å². The van der Waals surface area contributed by atoms with Gasteiger partial charge in [0.05, 0.1) is 11.3 Å². The third-order valence-corrected chi connectivity index (χ3v) is 3.30. The molecule has 0 spiro atoms. The molecule has 1 aliphatic rings. The van der Waals surface area contributed by atoms with Crippen LogP contribution in [0.3, 0.4) is 0 Å². The van der Waals surface area contributed by atoms with E-state index in [4.69, 9.17) is 0 Å². The van der Waals surface area contributed by atoms with E-state index < -0.39 is 11.7 Å². The summed E-state index contributed by atoms with van der Waals surface area (Å²) in [5.41, 5.74) is -0.383. The number of pyridine rings is 1. The number of anilines is 1. The molecular weight excluding hydrogens is 229 g/mol. The Labute approximate surface area is 98.5 Å². The number of rotatable bonds is 2. The maximum Gasteiger partial charge on any atom is 0.419 e. The van der Waals surface area contributed by atoms with Gasteiger partial charge in [-0.15, -0.1) is 0 Å². The molecule has 1 aliphatic heterocycles. The van der Waals surface area contributed by atoms with E-state index in [1.165, 1.54) is 12.3 Å². The Morgan fingerprint density at radius 1 is 1.35 bits per heavy atom. The van der Waals surface area contributed by atoms with Gasteiger partial charge < -0.3 is 4.90 Å². The first-order valence-corrected chi connectivity index (χ1v) is 5.65. The van der Waals surface area contributed by atoms with Crippen molar-refractivity contribution >= 4 is 5.69 Å². The molecule has 1 saturated heterocycles. The van der Waals surface area contributed by atoms with Crippen LogP contribution in [0.25, 0.3) is 0 Å². The summed E-state index contributed by atoms with van der Waals surface area (Å²) >= 11 is 0. The zero-order valence-corrected chi connectivity index (χ0v) is 9.83. The van der Waals surface area contributed by atoms with E-state index in [0.29, 0.717) is 24.9 Å². The van der Waals surface area contributed by atoms with Crippen molar-refractivity contribution in [3.05, 3.63) is 24.0 Å². The van der Waals surface area contributed by atoms with Gasteiger partial charge in [-0.25, -0.2) is 0 Å². The molecule has 0 amide bonds. The highest BCUT2D eigenvalue weighted by molar-refractivity contribution is 5.55. The third-order valence-electron chi connectivity index (χ3n) is 3.30. The Bertz CT molecular complexity index is 395. The summed E-state index contributed by atoms with van der Waals surface area (Å²) in [6, 6.07) is 1.44. The summed E-state index contributed by atoms with van der Waals surface area (Å²) in [7, 11) is 0. The van der Waals surface area contributed by atoms with Crippen molar-refractivity contribution in [3.63, 3.8) is 0 Å². The lowest BCUT2D eigenvalue weighted by molar-refractivity contribution is -0.137. The van der Waals surface area contributed by atoms with E-state index in [2.05, 4.69) is 18.8 Å². The van der Waals surface area contributed by atoms with Crippen LogP contribution in [0.4, 0.5) is 18.9 Å². The van der Waals surface area contributed by atoms with E-state index in [1.807, 2.05) is 0 Å². The average molecular weight is 244 g/mol. The highest BCUT2D eigenvalue weighted by Crippen LogP contribution is 2.39. The average Bonchev–Trinajstić information content (AvgIpc) is 2.13. The monoisotopic (exact) mass is 244 g/mol. The Morgan fingerprint density at radius 2 is 2.00 bits per heavy atom. The van der Waals surface area contributed by atoms with Gasteiger partial charge in [0, 0.05) is 25.5 Å². The lowest BCUT2D eigenvalue weighted by atomic mass is 9.88. The fourth-order valence-corrected chi connectivity index (χ4v) is 2.01. The van der Waals surface area contributed by atoms with E-state index in [-0.39, 0.29) is 5.69 Å². The minimum Gasteiger partial charge on any atom is -0.370 e. The quantitative estimate of drug-likeness (QED) is 0.794. The molecule has 0 aromatic carbocycles. The molecule has 0 unspecified atom stereocenters. The molecule has 94 valence electrons. The molecule has 0 atom stereocenters. The summed E-state index contributed by atoms with van der Waals surface area (Å²) in [5.74, 6) is 1.01. The molecule has 0 N–H and O–H groups in total. The smallest absolute Gasteiger partial charge is 0.370 e. The predicted octanol–water partition coefficient (Wildman–Crippen LogP) is 3.19. The number of nitrogens with zero attached hydrogens (tertiary/aromatic N) is 2. The Hall–Kier alpha value is -1.26. The van der Waals surface area contributed by atoms with Crippen LogP contribution in [0.5, 0.6) is 0 Å². The third kappa shape index (κ3) is 2.37. The van der Waals surface area contributed by atoms with Crippen molar-refractivity contribution in [1.29, 1.82) is 0 Å². The number of aromatic nitrogens is 1. The molecule has 2 rings (SSSR count). The van der Waals surface area contributed by atoms with Crippen LogP contribution in [-0.4, -0.2) is 18.1 Å². The van der Waals surface area contributed by atoms with Gasteiger partial charge in [0.1, 0.15) is 0 Å². The van der Waals surface area contributed by atoms with E-state index in [0.717, 1.165) is 6.20 Å². The number of hydrogen-bond acceptors (Lipinski definition) is 2. The number of hydrogen-bond donors (Lipinski definition) is 0. The van der Waals surface area contributed by atoms with Crippen molar-refractivity contribution in [2.24, 2.45) is 11.8 Å². The summed E-state index contributed by atoms with van der Waals surface area (Å²) in [6.07, 6.45) is -2.02. The van der Waals surface area contributed by atoms with Crippen LogP contribution < -0.4 is 4.90 Å². The van der Waals surface area contributed by atoms with Crippen molar-refractivity contribution in [2.75, 3.05) is 18.0 Å². The molecule has 1 fully saturated rings. The van der Waals surface area contributed by atoms with E-state index in [1.54, 1.807) is 4.90 Å². The van der Waals surface area contributed by atoms with Crippen LogP contribution >= 0.6 is 0 Å². The lowest BCUT2D eigenvalue weighted by Crippen LogP contribution is -2.49. The Morgan fingerprint density at radius 3 is 2.53 bits per heavy atom. The molecule has 17 heavy (non-hydrogen) atoms. The van der Waals surface area contributed by atoms with Crippen molar-refractivity contribution in [1.82, 2.24) is 4.98 Å². The number of alkyl halides is 3. The zero-order valence-electron chi connectivity index (χ0n) is 9.83. The first-order chi connectivity index (χ1) is 7.89. The van der Waals surface area contributed by atoms with Gasteiger partial charge in [-0.2, -0.15) is 13.2 Å². The summed E-state index contributed by atoms with van der Waals surface area (Å²) in [6.45, 7) is 5.59. The van der Waals surface area contributed by atoms with Gasteiger partial charge >= 0.3 is 6.18 Å². The second-order valence-electron chi connectivity index (χ2n) is 4.80. The Kier molecular flexibility index (Phi) is 3.02. The molecule has 0 bridgehead atoms. The highest BCUT2D eigenvalue weighted by atomic mass is 19.4. The molecule has 0 radical (unpaired) electrons. The maximum atomic E-state index is 12.8. The molecule has 0 aliphatic carbocycles. The van der Waals surface area contributed by atoms with E-state index >= 15 is 0 Å². The summed E-state index contributed by atoms with van der Waals surface area (Å²) in [5, 5.41) is 0. The Balaban J connectivity index is 2.18. The molecule has 2 heterocycles. The normalized spacial score (nSPS) is 17.4. The van der Waals surface area contributed by atoms with Crippen molar-refractivity contribution in [2.45, 2.75) is 20.0 Å². The van der Waals surface area contributed by atoms with Gasteiger partial charge in [0.2, 0.25) is 0 Å². The van der Waals surface area contributed by atoms with Crippen molar-refractivity contribution in [3.8, 4) is 0 Å². The molecule has 5 heteroatoms. The first kappa shape index (κ1) is 12.2. The topological polar surface area (TPSA) is 16.1 Å². The first-order valence-electron chi connectivity index (χ1n) is 5.65. The maximum absolute atomic E-state index is 12.8. The minimum absolute atomic E-state index is 0.254. The van der Waals surface area contributed by atoms with Gasteiger partial charge in [-0.1, -0.05) is 13.8 Å². The standard InChI is InChI=1S/C12H15F3N2/c1-8(2)9-6-17(7-9)11-3-4-16-5-10(11)12(13,14)15/h3-5,8-9H,6-7H2,1-2H3. The molecule has 0 saturated carbocycles. The minimum atomic E-state index is -4.33. The second kappa shape index (κ2) is 4.20. The molecule has 2 nitrogen and oxygen atoms in total. The van der Waals surface area contributed by atoms with Gasteiger partial charge in [0.25, 0.3) is 0 Å². The van der Waals surface area contributed by atoms with Crippen LogP contribution in [0.15, 0.2) is 18.5 Å². The predicted molar refractivity (Wildman–Crippen MR) is 59.8 cm³/mol. The van der Waals surface area contributed by atoms with Crippen LogP contribution in [0.2, 0.25) is 0 Å². The van der Waals surface area contributed by atoms with Gasteiger partial charge in [0.15, 0.2) is 0 Å². The molecule has 1 aromatic heterocycles. The fourth-order valence-electron chi connectivity index (χ4n) is 2.01. The van der Waals surface area contributed by atoms with Gasteiger partial charge in [-0.05, 0) is 17.9 Å². The zero-order chi connectivity index (χ0) is 12.6. The summed E-state index contributed by atoms with van der Waals surface area (Å²) in [4.78, 5) is 5.33. The van der Waals surface area contributed by atoms with Gasteiger partial charge in [-0.3, -0.25) is 4.98 Å². The number of halogens is 3. The largest absolute Gasteiger partial charge is 0.419 e.